The van der Waals surface area contributed by atoms with Crippen molar-refractivity contribution in [2.75, 3.05) is 18.5 Å². The molecule has 5 heteroatoms. The molecule has 20 heavy (non-hydrogen) atoms. The highest BCUT2D eigenvalue weighted by molar-refractivity contribution is 5.93. The molecule has 0 saturated heterocycles. The Kier molecular flexibility index (Phi) is 5.70. The molecule has 0 aliphatic carbocycles. The lowest BCUT2D eigenvalue weighted by atomic mass is 10.2. The molecule has 0 unspecified atom stereocenters. The van der Waals surface area contributed by atoms with E-state index in [2.05, 4.69) is 5.32 Å². The lowest BCUT2D eigenvalue weighted by Gasteiger charge is -2.19. The fraction of sp³-hybridized carbons (Fsp3) is 0.467. The largest absolute Gasteiger partial charge is 0.462 e. The SMILES string of the molecule is CCOC(=O)c1ccc(NC(=O)COC(C)(C)C)cc1. The van der Waals surface area contributed by atoms with Crippen molar-refractivity contribution in [3.63, 3.8) is 0 Å². The number of rotatable bonds is 5. The van der Waals surface area contributed by atoms with Crippen molar-refractivity contribution in [2.24, 2.45) is 0 Å². The zero-order valence-electron chi connectivity index (χ0n) is 12.4. The molecule has 1 amide bonds. The molecule has 0 bridgehead atoms. The van der Waals surface area contributed by atoms with E-state index in [9.17, 15) is 9.59 Å². The molecule has 0 aromatic heterocycles. The Bertz CT molecular complexity index is 460. The molecular formula is C15H21NO4. The second kappa shape index (κ2) is 7.05. The van der Waals surface area contributed by atoms with Gasteiger partial charge in [0.15, 0.2) is 0 Å². The number of carbonyl (C=O) groups is 2. The van der Waals surface area contributed by atoms with E-state index in [1.807, 2.05) is 20.8 Å². The second-order valence-electron chi connectivity index (χ2n) is 5.25. The fourth-order valence-corrected chi connectivity index (χ4v) is 1.38. The van der Waals surface area contributed by atoms with Gasteiger partial charge in [0.1, 0.15) is 6.61 Å². The quantitative estimate of drug-likeness (QED) is 0.841. The molecule has 0 heterocycles. The maximum atomic E-state index is 11.7. The lowest BCUT2D eigenvalue weighted by Crippen LogP contribution is -2.27. The summed E-state index contributed by atoms with van der Waals surface area (Å²) in [5.41, 5.74) is 0.710. The van der Waals surface area contributed by atoms with Gasteiger partial charge in [-0.05, 0) is 52.0 Å². The summed E-state index contributed by atoms with van der Waals surface area (Å²) in [6, 6.07) is 6.53. The van der Waals surface area contributed by atoms with Crippen molar-refractivity contribution >= 4 is 17.6 Å². The number of carbonyl (C=O) groups excluding carboxylic acids is 2. The molecule has 0 saturated carbocycles. The average Bonchev–Trinajstić information content (AvgIpc) is 2.37. The highest BCUT2D eigenvalue weighted by atomic mass is 16.5. The minimum atomic E-state index is -0.374. The Balaban J connectivity index is 2.53. The molecule has 1 N–H and O–H groups in total. The molecule has 0 aliphatic rings. The molecular weight excluding hydrogens is 258 g/mol. The van der Waals surface area contributed by atoms with E-state index >= 15 is 0 Å². The molecule has 0 atom stereocenters. The van der Waals surface area contributed by atoms with Crippen LogP contribution in [0.1, 0.15) is 38.1 Å². The van der Waals surface area contributed by atoms with Gasteiger partial charge >= 0.3 is 5.97 Å². The summed E-state index contributed by atoms with van der Waals surface area (Å²) in [7, 11) is 0. The Morgan fingerprint density at radius 1 is 1.15 bits per heavy atom. The monoisotopic (exact) mass is 279 g/mol. The van der Waals surface area contributed by atoms with E-state index in [0.29, 0.717) is 17.9 Å². The number of benzene rings is 1. The Morgan fingerprint density at radius 3 is 2.25 bits per heavy atom. The summed E-state index contributed by atoms with van der Waals surface area (Å²) in [4.78, 5) is 23.1. The second-order valence-corrected chi connectivity index (χ2v) is 5.25. The number of nitrogens with one attached hydrogen (secondary N) is 1. The summed E-state index contributed by atoms with van der Waals surface area (Å²) < 4.78 is 10.2. The van der Waals surface area contributed by atoms with Crippen LogP contribution in [0.3, 0.4) is 0 Å². The third-order valence-electron chi connectivity index (χ3n) is 2.32. The molecule has 0 aliphatic heterocycles. The predicted molar refractivity (Wildman–Crippen MR) is 76.7 cm³/mol. The van der Waals surface area contributed by atoms with Crippen molar-refractivity contribution in [1.29, 1.82) is 0 Å². The highest BCUT2D eigenvalue weighted by Gasteiger charge is 2.13. The van der Waals surface area contributed by atoms with Crippen LogP contribution in [0.25, 0.3) is 0 Å². The van der Waals surface area contributed by atoms with Crippen LogP contribution in [0.2, 0.25) is 0 Å². The summed E-state index contributed by atoms with van der Waals surface area (Å²) in [6.45, 7) is 7.73. The first-order chi connectivity index (χ1) is 9.31. The first-order valence-corrected chi connectivity index (χ1v) is 6.53. The van der Waals surface area contributed by atoms with E-state index in [4.69, 9.17) is 9.47 Å². The number of amides is 1. The van der Waals surface area contributed by atoms with Crippen molar-refractivity contribution in [2.45, 2.75) is 33.3 Å². The summed E-state index contributed by atoms with van der Waals surface area (Å²) in [5.74, 6) is -0.606. The third kappa shape index (κ3) is 5.84. The van der Waals surface area contributed by atoms with Crippen molar-refractivity contribution < 1.29 is 19.1 Å². The van der Waals surface area contributed by atoms with Crippen molar-refractivity contribution in [3.8, 4) is 0 Å². The Hall–Kier alpha value is -1.88. The van der Waals surface area contributed by atoms with Gasteiger partial charge in [0, 0.05) is 5.69 Å². The Morgan fingerprint density at radius 2 is 1.75 bits per heavy atom. The molecule has 1 aromatic rings. The molecule has 1 rings (SSSR count). The van der Waals surface area contributed by atoms with Gasteiger partial charge in [-0.15, -0.1) is 0 Å². The minimum absolute atomic E-state index is 0.0108. The fourth-order valence-electron chi connectivity index (χ4n) is 1.38. The maximum absolute atomic E-state index is 11.7. The molecule has 5 nitrogen and oxygen atoms in total. The van der Waals surface area contributed by atoms with Crippen LogP contribution >= 0.6 is 0 Å². The van der Waals surface area contributed by atoms with E-state index in [-0.39, 0.29) is 24.1 Å². The summed E-state index contributed by atoms with van der Waals surface area (Å²) in [6.07, 6.45) is 0. The molecule has 0 fully saturated rings. The van der Waals surface area contributed by atoms with Gasteiger partial charge in [-0.25, -0.2) is 4.79 Å². The topological polar surface area (TPSA) is 64.6 Å². The smallest absolute Gasteiger partial charge is 0.338 e. The molecule has 0 radical (unpaired) electrons. The zero-order chi connectivity index (χ0) is 15.2. The van der Waals surface area contributed by atoms with Crippen LogP contribution < -0.4 is 5.32 Å². The first kappa shape index (κ1) is 16.2. The van der Waals surface area contributed by atoms with Crippen LogP contribution in [0.5, 0.6) is 0 Å². The van der Waals surface area contributed by atoms with Crippen molar-refractivity contribution in [3.05, 3.63) is 29.8 Å². The number of ether oxygens (including phenoxy) is 2. The van der Waals surface area contributed by atoms with Gasteiger partial charge in [0.2, 0.25) is 5.91 Å². The third-order valence-corrected chi connectivity index (χ3v) is 2.32. The highest BCUT2D eigenvalue weighted by Crippen LogP contribution is 2.11. The van der Waals surface area contributed by atoms with Gasteiger partial charge in [0.25, 0.3) is 0 Å². The van der Waals surface area contributed by atoms with Crippen LogP contribution in [-0.4, -0.2) is 30.7 Å². The van der Waals surface area contributed by atoms with Crippen molar-refractivity contribution in [1.82, 2.24) is 0 Å². The van der Waals surface area contributed by atoms with Gasteiger partial charge in [-0.3, -0.25) is 4.79 Å². The van der Waals surface area contributed by atoms with E-state index in [1.54, 1.807) is 31.2 Å². The predicted octanol–water partition coefficient (Wildman–Crippen LogP) is 2.62. The number of anilines is 1. The summed E-state index contributed by atoms with van der Waals surface area (Å²) >= 11 is 0. The van der Waals surface area contributed by atoms with Gasteiger partial charge < -0.3 is 14.8 Å². The van der Waals surface area contributed by atoms with E-state index < -0.39 is 0 Å². The van der Waals surface area contributed by atoms with E-state index in [0.717, 1.165) is 0 Å². The zero-order valence-corrected chi connectivity index (χ0v) is 12.4. The Labute approximate surface area is 119 Å². The first-order valence-electron chi connectivity index (χ1n) is 6.53. The summed E-state index contributed by atoms with van der Waals surface area (Å²) in [5, 5.41) is 2.70. The molecule has 1 aromatic carbocycles. The minimum Gasteiger partial charge on any atom is -0.462 e. The number of hydrogen-bond donors (Lipinski definition) is 1. The van der Waals surface area contributed by atoms with Crippen LogP contribution in [-0.2, 0) is 14.3 Å². The van der Waals surface area contributed by atoms with Gasteiger partial charge in [0.05, 0.1) is 17.8 Å². The molecule has 0 spiro atoms. The normalized spacial score (nSPS) is 11.0. The van der Waals surface area contributed by atoms with Gasteiger partial charge in [-0.1, -0.05) is 0 Å². The molecule has 110 valence electrons. The van der Waals surface area contributed by atoms with Crippen LogP contribution in [0.4, 0.5) is 5.69 Å². The van der Waals surface area contributed by atoms with Crippen LogP contribution in [0, 0.1) is 0 Å². The van der Waals surface area contributed by atoms with Gasteiger partial charge in [-0.2, -0.15) is 0 Å². The number of esters is 1. The standard InChI is InChI=1S/C15H21NO4/c1-5-19-14(18)11-6-8-12(9-7-11)16-13(17)10-20-15(2,3)4/h6-9H,5,10H2,1-4H3,(H,16,17). The van der Waals surface area contributed by atoms with Crippen LogP contribution in [0.15, 0.2) is 24.3 Å². The average molecular weight is 279 g/mol. The lowest BCUT2D eigenvalue weighted by molar-refractivity contribution is -0.125. The maximum Gasteiger partial charge on any atom is 0.338 e. The van der Waals surface area contributed by atoms with E-state index in [1.165, 1.54) is 0 Å². The number of hydrogen-bond acceptors (Lipinski definition) is 4.